The van der Waals surface area contributed by atoms with Crippen molar-refractivity contribution in [1.29, 1.82) is 0 Å². The highest BCUT2D eigenvalue weighted by atomic mass is 16.5. The van der Waals surface area contributed by atoms with E-state index < -0.39 is 6.09 Å². The van der Waals surface area contributed by atoms with E-state index in [1.165, 1.54) is 0 Å². The molecule has 1 amide bonds. The van der Waals surface area contributed by atoms with Crippen LogP contribution in [-0.2, 0) is 4.74 Å². The van der Waals surface area contributed by atoms with Gasteiger partial charge in [0.25, 0.3) is 0 Å². The monoisotopic (exact) mass is 253 g/mol. The first-order chi connectivity index (χ1) is 8.76. The lowest BCUT2D eigenvalue weighted by Crippen LogP contribution is -2.28. The van der Waals surface area contributed by atoms with Crippen LogP contribution in [0.4, 0.5) is 4.79 Å². The summed E-state index contributed by atoms with van der Waals surface area (Å²) in [5, 5.41) is 2.57. The molecule has 0 atom stereocenters. The molecule has 0 aliphatic heterocycles. The van der Waals surface area contributed by atoms with Crippen molar-refractivity contribution in [2.24, 2.45) is 0 Å². The van der Waals surface area contributed by atoms with Crippen LogP contribution in [0.15, 0.2) is 24.3 Å². The van der Waals surface area contributed by atoms with Gasteiger partial charge in [0, 0.05) is 0 Å². The molecule has 0 saturated heterocycles. The maximum Gasteiger partial charge on any atom is 0.407 e. The van der Waals surface area contributed by atoms with E-state index in [4.69, 9.17) is 14.2 Å². The topological polar surface area (TPSA) is 56.8 Å². The molecule has 18 heavy (non-hydrogen) atoms. The van der Waals surface area contributed by atoms with Crippen LogP contribution < -0.4 is 14.8 Å². The smallest absolute Gasteiger partial charge is 0.407 e. The molecule has 0 saturated carbocycles. The molecule has 1 N–H and O–H groups in total. The van der Waals surface area contributed by atoms with Crippen LogP contribution in [0.25, 0.3) is 0 Å². The Kier molecular flexibility index (Phi) is 6.46. The van der Waals surface area contributed by atoms with Crippen LogP contribution in [0.3, 0.4) is 0 Å². The first kappa shape index (κ1) is 14.2. The van der Waals surface area contributed by atoms with Crippen LogP contribution in [0.1, 0.15) is 13.8 Å². The average molecular weight is 253 g/mol. The van der Waals surface area contributed by atoms with Crippen molar-refractivity contribution in [3.63, 3.8) is 0 Å². The second-order valence-corrected chi connectivity index (χ2v) is 3.40. The molecule has 0 spiro atoms. The lowest BCUT2D eigenvalue weighted by molar-refractivity contribution is 0.150. The molecule has 0 bridgehead atoms. The number of hydrogen-bond acceptors (Lipinski definition) is 4. The summed E-state index contributed by atoms with van der Waals surface area (Å²) in [4.78, 5) is 11.0. The van der Waals surface area contributed by atoms with Crippen LogP contribution in [0.5, 0.6) is 11.5 Å². The molecule has 0 radical (unpaired) electrons. The van der Waals surface area contributed by atoms with E-state index in [1.54, 1.807) is 6.92 Å². The van der Waals surface area contributed by atoms with Crippen molar-refractivity contribution in [3.05, 3.63) is 24.3 Å². The van der Waals surface area contributed by atoms with Gasteiger partial charge in [-0.05, 0) is 38.1 Å². The third-order valence-corrected chi connectivity index (χ3v) is 2.05. The van der Waals surface area contributed by atoms with Gasteiger partial charge in [0.05, 0.1) is 19.8 Å². The van der Waals surface area contributed by atoms with E-state index in [0.29, 0.717) is 26.4 Å². The molecular formula is C13H19NO4. The lowest BCUT2D eigenvalue weighted by atomic mass is 10.3. The second-order valence-electron chi connectivity index (χ2n) is 3.40. The first-order valence-electron chi connectivity index (χ1n) is 6.02. The van der Waals surface area contributed by atoms with Crippen molar-refractivity contribution < 1.29 is 19.0 Å². The van der Waals surface area contributed by atoms with Crippen LogP contribution in [0, 0.1) is 0 Å². The molecule has 0 fully saturated rings. The van der Waals surface area contributed by atoms with Gasteiger partial charge in [-0.2, -0.15) is 0 Å². The summed E-state index contributed by atoms with van der Waals surface area (Å²) in [6, 6.07) is 7.35. The van der Waals surface area contributed by atoms with Gasteiger partial charge in [-0.1, -0.05) is 0 Å². The third-order valence-electron chi connectivity index (χ3n) is 2.05. The zero-order valence-electron chi connectivity index (χ0n) is 10.8. The van der Waals surface area contributed by atoms with Crippen LogP contribution in [-0.4, -0.2) is 32.5 Å². The molecule has 5 nitrogen and oxygen atoms in total. The van der Waals surface area contributed by atoms with E-state index in [0.717, 1.165) is 11.5 Å². The minimum Gasteiger partial charge on any atom is -0.494 e. The lowest BCUT2D eigenvalue weighted by Gasteiger charge is -2.08. The molecule has 0 aliphatic rings. The Morgan fingerprint density at radius 1 is 1.06 bits per heavy atom. The summed E-state index contributed by atoms with van der Waals surface area (Å²) in [6.07, 6.45) is -0.423. The maximum absolute atomic E-state index is 11.0. The summed E-state index contributed by atoms with van der Waals surface area (Å²) in [6.45, 7) is 5.51. The molecule has 100 valence electrons. The van der Waals surface area contributed by atoms with Gasteiger partial charge in [-0.3, -0.25) is 0 Å². The summed E-state index contributed by atoms with van der Waals surface area (Å²) in [7, 11) is 0. The fourth-order valence-corrected chi connectivity index (χ4v) is 1.30. The normalized spacial score (nSPS) is 9.67. The van der Waals surface area contributed by atoms with Crippen molar-refractivity contribution in [2.75, 3.05) is 26.4 Å². The third kappa shape index (κ3) is 5.43. The van der Waals surface area contributed by atoms with Crippen molar-refractivity contribution in [3.8, 4) is 11.5 Å². The van der Waals surface area contributed by atoms with Crippen molar-refractivity contribution in [2.45, 2.75) is 13.8 Å². The number of carbonyl (C=O) groups is 1. The van der Waals surface area contributed by atoms with Gasteiger partial charge >= 0.3 is 6.09 Å². The molecule has 0 aliphatic carbocycles. The predicted octanol–water partition coefficient (Wildman–Crippen LogP) is 2.21. The van der Waals surface area contributed by atoms with Gasteiger partial charge in [0.2, 0.25) is 0 Å². The Labute approximate surface area is 107 Å². The largest absolute Gasteiger partial charge is 0.494 e. The van der Waals surface area contributed by atoms with Gasteiger partial charge < -0.3 is 19.5 Å². The van der Waals surface area contributed by atoms with Crippen molar-refractivity contribution >= 4 is 6.09 Å². The van der Waals surface area contributed by atoms with E-state index >= 15 is 0 Å². The standard InChI is InChI=1S/C13H19NO4/c1-3-16-11-5-7-12(8-6-11)18-10-9-14-13(15)17-4-2/h5-8H,3-4,9-10H2,1-2H3,(H,14,15). The van der Waals surface area contributed by atoms with Gasteiger partial charge in [0.1, 0.15) is 18.1 Å². The van der Waals surface area contributed by atoms with Gasteiger partial charge in [0.15, 0.2) is 0 Å². The number of nitrogens with one attached hydrogen (secondary N) is 1. The maximum atomic E-state index is 11.0. The van der Waals surface area contributed by atoms with Gasteiger partial charge in [-0.25, -0.2) is 4.79 Å². The summed E-state index contributed by atoms with van der Waals surface area (Å²) in [5.74, 6) is 1.55. The van der Waals surface area contributed by atoms with E-state index in [-0.39, 0.29) is 0 Å². The predicted molar refractivity (Wildman–Crippen MR) is 68.1 cm³/mol. The quantitative estimate of drug-likeness (QED) is 0.757. The molecule has 5 heteroatoms. The minimum atomic E-state index is -0.423. The van der Waals surface area contributed by atoms with Crippen LogP contribution in [0.2, 0.25) is 0 Å². The highest BCUT2D eigenvalue weighted by Crippen LogP contribution is 2.17. The molecule has 0 heterocycles. The number of carbonyl (C=O) groups excluding carboxylic acids is 1. The number of ether oxygens (including phenoxy) is 3. The Balaban J connectivity index is 2.21. The molecule has 1 aromatic carbocycles. The second kappa shape index (κ2) is 8.22. The molecule has 0 unspecified atom stereocenters. The number of benzene rings is 1. The fraction of sp³-hybridized carbons (Fsp3) is 0.462. The summed E-state index contributed by atoms with van der Waals surface area (Å²) >= 11 is 0. The highest BCUT2D eigenvalue weighted by Gasteiger charge is 1.99. The first-order valence-corrected chi connectivity index (χ1v) is 6.02. The van der Waals surface area contributed by atoms with Crippen molar-refractivity contribution in [1.82, 2.24) is 5.32 Å². The number of hydrogen-bond donors (Lipinski definition) is 1. The van der Waals surface area contributed by atoms with E-state index in [1.807, 2.05) is 31.2 Å². The average Bonchev–Trinajstić information content (AvgIpc) is 2.37. The molecular weight excluding hydrogens is 234 g/mol. The summed E-state index contributed by atoms with van der Waals surface area (Å²) in [5.41, 5.74) is 0. The Morgan fingerprint density at radius 3 is 2.22 bits per heavy atom. The summed E-state index contributed by atoms with van der Waals surface area (Å²) < 4.78 is 15.5. The van der Waals surface area contributed by atoms with Crippen LogP contribution >= 0.6 is 0 Å². The Bertz CT molecular complexity index is 351. The zero-order valence-corrected chi connectivity index (χ0v) is 10.8. The SMILES string of the molecule is CCOC(=O)NCCOc1ccc(OCC)cc1. The fourth-order valence-electron chi connectivity index (χ4n) is 1.30. The number of alkyl carbamates (subject to hydrolysis) is 1. The highest BCUT2D eigenvalue weighted by molar-refractivity contribution is 5.66. The Morgan fingerprint density at radius 2 is 1.67 bits per heavy atom. The molecule has 1 rings (SSSR count). The Hall–Kier alpha value is -1.91. The molecule has 0 aromatic heterocycles. The molecule has 1 aromatic rings. The number of amides is 1. The minimum absolute atomic E-state index is 0.367. The zero-order chi connectivity index (χ0) is 13.2. The van der Waals surface area contributed by atoms with Gasteiger partial charge in [-0.15, -0.1) is 0 Å². The van der Waals surface area contributed by atoms with E-state index in [2.05, 4.69) is 5.32 Å². The number of rotatable bonds is 7. The van der Waals surface area contributed by atoms with E-state index in [9.17, 15) is 4.79 Å².